The molecule has 1 saturated heterocycles. The van der Waals surface area contributed by atoms with Gasteiger partial charge in [-0.3, -0.25) is 0 Å². The molecule has 3 nitrogen and oxygen atoms in total. The normalized spacial score (nSPS) is 19.5. The number of benzene rings is 1. The van der Waals surface area contributed by atoms with E-state index in [0.717, 1.165) is 13.0 Å². The Kier molecular flexibility index (Phi) is 5.59. The van der Waals surface area contributed by atoms with Gasteiger partial charge in [0.25, 0.3) is 0 Å². The van der Waals surface area contributed by atoms with Crippen LogP contribution in [0.2, 0.25) is 0 Å². The van der Waals surface area contributed by atoms with Crippen molar-refractivity contribution >= 4 is 12.4 Å². The molecule has 0 saturated carbocycles. The maximum atomic E-state index is 9.62. The van der Waals surface area contributed by atoms with Gasteiger partial charge in [0, 0.05) is 6.04 Å². The standard InChI is InChI=1S/C13H19NO2.ClH/c1-2-16-13-9-10(6-7-12(13)15)11-5-3-4-8-14-11;/h6-7,9,11,14-15H,2-5,8H2,1H3;1H/t11-;/m1./s1. The molecular weight excluding hydrogens is 238 g/mol. The number of hydrogen-bond donors (Lipinski definition) is 2. The highest BCUT2D eigenvalue weighted by atomic mass is 35.5. The van der Waals surface area contributed by atoms with E-state index in [1.54, 1.807) is 6.07 Å². The number of hydrogen-bond acceptors (Lipinski definition) is 3. The zero-order chi connectivity index (χ0) is 11.4. The Morgan fingerprint density at radius 2 is 2.24 bits per heavy atom. The molecule has 2 N–H and O–H groups in total. The van der Waals surface area contributed by atoms with Gasteiger partial charge < -0.3 is 15.2 Å². The second kappa shape index (κ2) is 6.72. The van der Waals surface area contributed by atoms with Crippen molar-refractivity contribution < 1.29 is 9.84 Å². The minimum Gasteiger partial charge on any atom is -0.504 e. The Bertz CT molecular complexity index is 351. The molecule has 0 bridgehead atoms. The number of rotatable bonds is 3. The number of phenols is 1. The van der Waals surface area contributed by atoms with Crippen LogP contribution in [-0.4, -0.2) is 18.3 Å². The van der Waals surface area contributed by atoms with Gasteiger partial charge in [0.2, 0.25) is 0 Å². The molecular formula is C13H20ClNO2. The molecule has 1 aromatic rings. The van der Waals surface area contributed by atoms with Crippen LogP contribution in [0.25, 0.3) is 0 Å². The topological polar surface area (TPSA) is 41.5 Å². The molecule has 2 rings (SSSR count). The summed E-state index contributed by atoms with van der Waals surface area (Å²) in [4.78, 5) is 0. The molecule has 0 aromatic heterocycles. The van der Waals surface area contributed by atoms with Crippen LogP contribution >= 0.6 is 12.4 Å². The fourth-order valence-electron chi connectivity index (χ4n) is 2.15. The van der Waals surface area contributed by atoms with Crippen molar-refractivity contribution in [3.8, 4) is 11.5 Å². The van der Waals surface area contributed by atoms with Gasteiger partial charge in [-0.15, -0.1) is 12.4 Å². The van der Waals surface area contributed by atoms with E-state index in [4.69, 9.17) is 4.74 Å². The summed E-state index contributed by atoms with van der Waals surface area (Å²) >= 11 is 0. The predicted octanol–water partition coefficient (Wildman–Crippen LogP) is 3.03. The zero-order valence-corrected chi connectivity index (χ0v) is 10.9. The monoisotopic (exact) mass is 257 g/mol. The van der Waals surface area contributed by atoms with Crippen LogP contribution in [0.5, 0.6) is 11.5 Å². The van der Waals surface area contributed by atoms with E-state index in [-0.39, 0.29) is 18.2 Å². The Morgan fingerprint density at radius 3 is 2.88 bits per heavy atom. The van der Waals surface area contributed by atoms with E-state index in [1.807, 2.05) is 19.1 Å². The summed E-state index contributed by atoms with van der Waals surface area (Å²) in [6.07, 6.45) is 3.69. The highest BCUT2D eigenvalue weighted by molar-refractivity contribution is 5.85. The molecule has 4 heteroatoms. The molecule has 0 radical (unpaired) electrons. The van der Waals surface area contributed by atoms with Crippen molar-refractivity contribution in [2.45, 2.75) is 32.2 Å². The minimum absolute atomic E-state index is 0. The number of aromatic hydroxyl groups is 1. The van der Waals surface area contributed by atoms with Gasteiger partial charge in [-0.1, -0.05) is 12.5 Å². The average Bonchev–Trinajstić information content (AvgIpc) is 2.33. The quantitative estimate of drug-likeness (QED) is 0.875. The summed E-state index contributed by atoms with van der Waals surface area (Å²) in [6, 6.07) is 6.05. The van der Waals surface area contributed by atoms with Crippen LogP contribution in [0.15, 0.2) is 18.2 Å². The summed E-state index contributed by atoms with van der Waals surface area (Å²) < 4.78 is 5.39. The largest absolute Gasteiger partial charge is 0.504 e. The van der Waals surface area contributed by atoms with Crippen molar-refractivity contribution in [3.63, 3.8) is 0 Å². The molecule has 1 aliphatic rings. The molecule has 0 spiro atoms. The first kappa shape index (κ1) is 14.1. The van der Waals surface area contributed by atoms with E-state index in [0.29, 0.717) is 18.4 Å². The first-order chi connectivity index (χ1) is 7.81. The van der Waals surface area contributed by atoms with E-state index < -0.39 is 0 Å². The SMILES string of the molecule is CCOc1cc([C@H]2CCCCN2)ccc1O.Cl. The molecule has 1 aromatic carbocycles. The van der Waals surface area contributed by atoms with Gasteiger partial charge in [-0.05, 0) is 44.0 Å². The maximum Gasteiger partial charge on any atom is 0.161 e. The van der Waals surface area contributed by atoms with Gasteiger partial charge >= 0.3 is 0 Å². The fraction of sp³-hybridized carbons (Fsp3) is 0.538. The number of piperidine rings is 1. The summed E-state index contributed by atoms with van der Waals surface area (Å²) in [5, 5.41) is 13.1. The van der Waals surface area contributed by atoms with E-state index in [9.17, 15) is 5.11 Å². The van der Waals surface area contributed by atoms with Crippen LogP contribution in [0, 0.1) is 0 Å². The number of phenolic OH excluding ortho intramolecular Hbond substituents is 1. The third kappa shape index (κ3) is 3.51. The first-order valence-electron chi connectivity index (χ1n) is 6.00. The molecule has 0 unspecified atom stereocenters. The summed E-state index contributed by atoms with van der Waals surface area (Å²) in [5.74, 6) is 0.814. The highest BCUT2D eigenvalue weighted by Crippen LogP contribution is 2.31. The Labute approximate surface area is 109 Å². The molecule has 1 fully saturated rings. The summed E-state index contributed by atoms with van der Waals surface area (Å²) in [6.45, 7) is 3.58. The van der Waals surface area contributed by atoms with Crippen molar-refractivity contribution in [3.05, 3.63) is 23.8 Å². The van der Waals surface area contributed by atoms with Gasteiger partial charge in [-0.25, -0.2) is 0 Å². The summed E-state index contributed by atoms with van der Waals surface area (Å²) in [7, 11) is 0. The number of nitrogens with one attached hydrogen (secondary N) is 1. The molecule has 0 amide bonds. The van der Waals surface area contributed by atoms with Gasteiger partial charge in [0.15, 0.2) is 11.5 Å². The smallest absolute Gasteiger partial charge is 0.161 e. The number of ether oxygens (including phenoxy) is 1. The average molecular weight is 258 g/mol. The lowest BCUT2D eigenvalue weighted by Gasteiger charge is -2.24. The van der Waals surface area contributed by atoms with Crippen molar-refractivity contribution in [1.29, 1.82) is 0 Å². The van der Waals surface area contributed by atoms with Gasteiger partial charge in [0.05, 0.1) is 6.61 Å². The Hall–Kier alpha value is -0.930. The predicted molar refractivity (Wildman–Crippen MR) is 71.1 cm³/mol. The third-order valence-electron chi connectivity index (χ3n) is 3.00. The molecule has 1 aliphatic heterocycles. The minimum atomic E-state index is 0. The molecule has 96 valence electrons. The van der Waals surface area contributed by atoms with E-state index in [2.05, 4.69) is 5.32 Å². The van der Waals surface area contributed by atoms with E-state index >= 15 is 0 Å². The molecule has 1 atom stereocenters. The maximum absolute atomic E-state index is 9.62. The second-order valence-electron chi connectivity index (χ2n) is 4.16. The Morgan fingerprint density at radius 1 is 1.41 bits per heavy atom. The molecule has 17 heavy (non-hydrogen) atoms. The Balaban J connectivity index is 0.00000144. The van der Waals surface area contributed by atoms with Gasteiger partial charge in [0.1, 0.15) is 0 Å². The van der Waals surface area contributed by atoms with Crippen molar-refractivity contribution in [2.75, 3.05) is 13.2 Å². The molecule has 1 heterocycles. The van der Waals surface area contributed by atoms with Crippen LogP contribution in [0.4, 0.5) is 0 Å². The van der Waals surface area contributed by atoms with Crippen molar-refractivity contribution in [1.82, 2.24) is 5.32 Å². The lowest BCUT2D eigenvalue weighted by atomic mass is 9.97. The van der Waals surface area contributed by atoms with Crippen LogP contribution in [-0.2, 0) is 0 Å². The fourth-order valence-corrected chi connectivity index (χ4v) is 2.15. The van der Waals surface area contributed by atoms with Crippen LogP contribution in [0.3, 0.4) is 0 Å². The second-order valence-corrected chi connectivity index (χ2v) is 4.16. The lowest BCUT2D eigenvalue weighted by molar-refractivity contribution is 0.316. The summed E-state index contributed by atoms with van der Waals surface area (Å²) in [5.41, 5.74) is 1.21. The third-order valence-corrected chi connectivity index (χ3v) is 3.00. The molecule has 0 aliphatic carbocycles. The lowest BCUT2D eigenvalue weighted by Crippen LogP contribution is -2.26. The van der Waals surface area contributed by atoms with E-state index in [1.165, 1.54) is 18.4 Å². The van der Waals surface area contributed by atoms with Crippen LogP contribution < -0.4 is 10.1 Å². The van der Waals surface area contributed by atoms with Crippen LogP contribution in [0.1, 0.15) is 37.8 Å². The zero-order valence-electron chi connectivity index (χ0n) is 10.1. The highest BCUT2D eigenvalue weighted by Gasteiger charge is 2.16. The van der Waals surface area contributed by atoms with Gasteiger partial charge in [-0.2, -0.15) is 0 Å². The van der Waals surface area contributed by atoms with Crippen molar-refractivity contribution in [2.24, 2.45) is 0 Å². The first-order valence-corrected chi connectivity index (χ1v) is 6.00. The number of halogens is 1.